The van der Waals surface area contributed by atoms with Gasteiger partial charge >= 0.3 is 0 Å². The Morgan fingerprint density at radius 2 is 2.27 bits per heavy atom. The Labute approximate surface area is 97.3 Å². The molecule has 1 aromatic heterocycles. The molecule has 0 unspecified atom stereocenters. The number of aromatic nitrogens is 1. The van der Waals surface area contributed by atoms with E-state index in [4.69, 9.17) is 11.6 Å². The lowest BCUT2D eigenvalue weighted by Crippen LogP contribution is -2.15. The van der Waals surface area contributed by atoms with Crippen molar-refractivity contribution in [3.63, 3.8) is 0 Å². The van der Waals surface area contributed by atoms with Gasteiger partial charge in [-0.25, -0.2) is 4.98 Å². The van der Waals surface area contributed by atoms with E-state index in [0.29, 0.717) is 0 Å². The number of thiazole rings is 1. The van der Waals surface area contributed by atoms with Crippen molar-refractivity contribution in [2.24, 2.45) is 0 Å². The smallest absolute Gasteiger partial charge is 0.184 e. The van der Waals surface area contributed by atoms with Gasteiger partial charge in [-0.15, -0.1) is 0 Å². The molecule has 15 heavy (non-hydrogen) atoms. The number of hydrogen-bond donors (Lipinski definition) is 1. The van der Waals surface area contributed by atoms with E-state index in [2.05, 4.69) is 17.2 Å². The van der Waals surface area contributed by atoms with Gasteiger partial charge in [-0.1, -0.05) is 29.0 Å². The van der Waals surface area contributed by atoms with E-state index in [-0.39, 0.29) is 5.54 Å². The van der Waals surface area contributed by atoms with Gasteiger partial charge in [0.05, 0.1) is 15.2 Å². The van der Waals surface area contributed by atoms with Crippen molar-refractivity contribution in [3.8, 4) is 0 Å². The van der Waals surface area contributed by atoms with E-state index in [1.165, 1.54) is 12.8 Å². The molecule has 1 aliphatic carbocycles. The third kappa shape index (κ3) is 1.70. The predicted molar refractivity (Wildman–Crippen MR) is 65.9 cm³/mol. The molecule has 0 saturated heterocycles. The Balaban J connectivity index is 2.02. The summed E-state index contributed by atoms with van der Waals surface area (Å²) >= 11 is 7.74. The van der Waals surface area contributed by atoms with Crippen LogP contribution >= 0.6 is 22.9 Å². The molecule has 1 aliphatic rings. The average molecular weight is 239 g/mol. The van der Waals surface area contributed by atoms with Crippen LogP contribution in [0.25, 0.3) is 10.2 Å². The third-order valence-electron chi connectivity index (χ3n) is 2.78. The van der Waals surface area contributed by atoms with E-state index < -0.39 is 0 Å². The molecule has 2 aromatic rings. The summed E-state index contributed by atoms with van der Waals surface area (Å²) < 4.78 is 1.07. The second kappa shape index (κ2) is 3.09. The third-order valence-corrected chi connectivity index (χ3v) is 4.22. The molecule has 0 aliphatic heterocycles. The second-order valence-corrected chi connectivity index (χ2v) is 5.70. The molecule has 4 heteroatoms. The zero-order valence-electron chi connectivity index (χ0n) is 8.38. The fraction of sp³-hybridized carbons (Fsp3) is 0.364. The van der Waals surface area contributed by atoms with Crippen LogP contribution in [0.5, 0.6) is 0 Å². The molecule has 0 atom stereocenters. The van der Waals surface area contributed by atoms with Crippen LogP contribution in [0.2, 0.25) is 5.02 Å². The minimum Gasteiger partial charge on any atom is -0.356 e. The molecule has 0 bridgehead atoms. The number of halogens is 1. The first-order valence-electron chi connectivity index (χ1n) is 5.00. The highest BCUT2D eigenvalue weighted by molar-refractivity contribution is 7.22. The van der Waals surface area contributed by atoms with Crippen molar-refractivity contribution in [3.05, 3.63) is 23.2 Å². The van der Waals surface area contributed by atoms with Crippen molar-refractivity contribution in [1.29, 1.82) is 0 Å². The van der Waals surface area contributed by atoms with Crippen LogP contribution in [0.3, 0.4) is 0 Å². The number of nitrogens with one attached hydrogen (secondary N) is 1. The lowest BCUT2D eigenvalue weighted by molar-refractivity contribution is 0.828. The first-order chi connectivity index (χ1) is 7.16. The molecule has 0 spiro atoms. The largest absolute Gasteiger partial charge is 0.356 e. The topological polar surface area (TPSA) is 24.9 Å². The maximum absolute atomic E-state index is 6.10. The highest BCUT2D eigenvalue weighted by atomic mass is 35.5. The Morgan fingerprint density at radius 1 is 1.47 bits per heavy atom. The lowest BCUT2D eigenvalue weighted by Gasteiger charge is -2.08. The number of anilines is 1. The fourth-order valence-corrected chi connectivity index (χ4v) is 2.84. The number of rotatable bonds is 2. The van der Waals surface area contributed by atoms with Crippen LogP contribution in [0, 0.1) is 0 Å². The van der Waals surface area contributed by atoms with Crippen LogP contribution in [0.1, 0.15) is 19.8 Å². The molecule has 78 valence electrons. The molecular formula is C11H11ClN2S. The molecule has 1 saturated carbocycles. The van der Waals surface area contributed by atoms with E-state index in [1.807, 2.05) is 18.2 Å². The minimum absolute atomic E-state index is 0.278. The molecule has 2 nitrogen and oxygen atoms in total. The molecule has 1 fully saturated rings. The molecule has 3 rings (SSSR count). The maximum atomic E-state index is 6.10. The summed E-state index contributed by atoms with van der Waals surface area (Å²) in [5.41, 5.74) is 1.26. The molecular weight excluding hydrogens is 228 g/mol. The summed E-state index contributed by atoms with van der Waals surface area (Å²) in [5.74, 6) is 0. The van der Waals surface area contributed by atoms with Gasteiger partial charge in [-0.05, 0) is 31.9 Å². The van der Waals surface area contributed by atoms with Gasteiger partial charge in [0.1, 0.15) is 0 Å². The molecule has 1 heterocycles. The van der Waals surface area contributed by atoms with E-state index in [1.54, 1.807) is 11.3 Å². The lowest BCUT2D eigenvalue weighted by atomic mass is 10.3. The van der Waals surface area contributed by atoms with Gasteiger partial charge in [-0.2, -0.15) is 0 Å². The molecule has 0 amide bonds. The Kier molecular flexibility index (Phi) is 1.94. The van der Waals surface area contributed by atoms with Crippen LogP contribution in [-0.2, 0) is 0 Å². The van der Waals surface area contributed by atoms with Crippen LogP contribution in [0.15, 0.2) is 18.2 Å². The highest BCUT2D eigenvalue weighted by Crippen LogP contribution is 2.40. The summed E-state index contributed by atoms with van der Waals surface area (Å²) in [5, 5.41) is 5.23. The van der Waals surface area contributed by atoms with Gasteiger partial charge in [0.15, 0.2) is 5.13 Å². The Bertz CT molecular complexity index is 516. The van der Waals surface area contributed by atoms with E-state index in [9.17, 15) is 0 Å². The summed E-state index contributed by atoms with van der Waals surface area (Å²) in [6, 6.07) is 5.84. The van der Waals surface area contributed by atoms with Crippen LogP contribution in [0.4, 0.5) is 5.13 Å². The predicted octanol–water partition coefficient (Wildman–Crippen LogP) is 3.91. The molecule has 0 radical (unpaired) electrons. The van der Waals surface area contributed by atoms with Crippen molar-refractivity contribution in [2.45, 2.75) is 25.3 Å². The number of benzene rings is 1. The Hall–Kier alpha value is -0.800. The summed E-state index contributed by atoms with van der Waals surface area (Å²) in [6.07, 6.45) is 2.47. The van der Waals surface area contributed by atoms with Gasteiger partial charge < -0.3 is 5.32 Å². The minimum atomic E-state index is 0.278. The quantitative estimate of drug-likeness (QED) is 0.858. The van der Waals surface area contributed by atoms with Gasteiger partial charge in [-0.3, -0.25) is 0 Å². The van der Waals surface area contributed by atoms with Crippen molar-refractivity contribution >= 4 is 38.3 Å². The SMILES string of the molecule is CC1(Nc2nc3cccc(Cl)c3s2)CC1. The van der Waals surface area contributed by atoms with E-state index in [0.717, 1.165) is 20.4 Å². The van der Waals surface area contributed by atoms with Crippen LogP contribution < -0.4 is 5.32 Å². The summed E-state index contributed by atoms with van der Waals surface area (Å²) in [7, 11) is 0. The van der Waals surface area contributed by atoms with E-state index >= 15 is 0 Å². The van der Waals surface area contributed by atoms with Crippen LogP contribution in [-0.4, -0.2) is 10.5 Å². The van der Waals surface area contributed by atoms with Gasteiger partial charge in [0.25, 0.3) is 0 Å². The average Bonchev–Trinajstić information content (AvgIpc) is 2.77. The van der Waals surface area contributed by atoms with Gasteiger partial charge in [0.2, 0.25) is 0 Å². The summed E-state index contributed by atoms with van der Waals surface area (Å²) in [6.45, 7) is 2.22. The van der Waals surface area contributed by atoms with Crippen molar-refractivity contribution in [2.75, 3.05) is 5.32 Å². The monoisotopic (exact) mass is 238 g/mol. The Morgan fingerprint density at radius 3 is 2.93 bits per heavy atom. The second-order valence-electron chi connectivity index (χ2n) is 4.29. The zero-order valence-corrected chi connectivity index (χ0v) is 9.95. The number of nitrogens with zero attached hydrogens (tertiary/aromatic N) is 1. The van der Waals surface area contributed by atoms with Crippen molar-refractivity contribution < 1.29 is 0 Å². The fourth-order valence-electron chi connectivity index (χ4n) is 1.54. The first-order valence-corrected chi connectivity index (χ1v) is 6.19. The zero-order chi connectivity index (χ0) is 10.5. The molecule has 1 aromatic carbocycles. The maximum Gasteiger partial charge on any atom is 0.184 e. The molecule has 1 N–H and O–H groups in total. The normalized spacial score (nSPS) is 18.0. The number of hydrogen-bond acceptors (Lipinski definition) is 3. The number of fused-ring (bicyclic) bond motifs is 1. The summed E-state index contributed by atoms with van der Waals surface area (Å²) in [4.78, 5) is 4.52. The highest BCUT2D eigenvalue weighted by Gasteiger charge is 2.37. The first kappa shape index (κ1) is 9.43. The van der Waals surface area contributed by atoms with Gasteiger partial charge in [0, 0.05) is 5.54 Å². The standard InChI is InChI=1S/C11H11ClN2S/c1-11(5-6-11)14-10-13-8-4-2-3-7(12)9(8)15-10/h2-4H,5-6H2,1H3,(H,13,14). The van der Waals surface area contributed by atoms with Crippen molar-refractivity contribution in [1.82, 2.24) is 4.98 Å².